The van der Waals surface area contributed by atoms with Crippen molar-refractivity contribution in [3.8, 4) is 5.75 Å². The van der Waals surface area contributed by atoms with Crippen LogP contribution in [0.4, 0.5) is 28.9 Å². The highest BCUT2D eigenvalue weighted by Gasteiger charge is 2.34. The highest BCUT2D eigenvalue weighted by molar-refractivity contribution is 7.93. The van der Waals surface area contributed by atoms with Crippen molar-refractivity contribution in [2.75, 3.05) is 9.44 Å². The first kappa shape index (κ1) is 23.3. The van der Waals surface area contributed by atoms with Crippen molar-refractivity contribution in [1.82, 2.24) is 0 Å². The van der Waals surface area contributed by atoms with Gasteiger partial charge in [-0.1, -0.05) is 24.3 Å². The average Bonchev–Trinajstić information content (AvgIpc) is 2.68. The average molecular weight is 490 g/mol. The van der Waals surface area contributed by atoms with Crippen LogP contribution in [0.25, 0.3) is 0 Å². The molecule has 0 spiro atoms. The van der Waals surface area contributed by atoms with Crippen LogP contribution in [0.2, 0.25) is 0 Å². The monoisotopic (exact) mass is 490 g/mol. The van der Waals surface area contributed by atoms with Crippen LogP contribution >= 0.6 is 0 Å². The molecule has 0 atom stereocenters. The predicted molar refractivity (Wildman–Crippen MR) is 108 cm³/mol. The second-order valence-corrected chi connectivity index (χ2v) is 9.54. The molecule has 0 unspecified atom stereocenters. The zero-order valence-electron chi connectivity index (χ0n) is 15.8. The number of nitrogens with one attached hydrogen (secondary N) is 2. The fraction of sp³-hybridized carbons (Fsp3) is 0.0526. The van der Waals surface area contributed by atoms with Gasteiger partial charge in [0.1, 0.15) is 16.5 Å². The first-order valence-corrected chi connectivity index (χ1v) is 11.6. The lowest BCUT2D eigenvalue weighted by Gasteiger charge is -2.17. The Kier molecular flexibility index (Phi) is 6.32. The zero-order valence-corrected chi connectivity index (χ0v) is 17.4. The molecule has 0 fully saturated rings. The first-order valence-electron chi connectivity index (χ1n) is 8.62. The molecule has 13 heteroatoms. The number of benzene rings is 3. The van der Waals surface area contributed by atoms with Gasteiger partial charge in [0.2, 0.25) is 0 Å². The number of para-hydroxylation sites is 3. The number of hydrogen-bond donors (Lipinski definition) is 2. The van der Waals surface area contributed by atoms with Crippen LogP contribution < -0.4 is 14.2 Å². The summed E-state index contributed by atoms with van der Waals surface area (Å²) in [6.45, 7) is 0. The number of sulfonamides is 2. The van der Waals surface area contributed by atoms with Gasteiger partial charge in [-0.25, -0.2) is 21.2 Å². The smallest absolute Gasteiger partial charge is 0.404 e. The standard InChI is InChI=1S/C19H14F4N2O5S2/c20-13-9-11-14(12-10-13)31(26,27)24-15-5-1-2-6-16(15)25-32(28,29)18-8-4-3-7-17(18)30-19(21,22)23/h1-12,24-25H. The Hall–Kier alpha value is -3.32. The Morgan fingerprint density at radius 1 is 0.688 bits per heavy atom. The third-order valence-electron chi connectivity index (χ3n) is 3.90. The topological polar surface area (TPSA) is 102 Å². The van der Waals surface area contributed by atoms with E-state index >= 15 is 0 Å². The van der Waals surface area contributed by atoms with E-state index in [-0.39, 0.29) is 16.3 Å². The van der Waals surface area contributed by atoms with Gasteiger partial charge in [0.25, 0.3) is 20.0 Å². The number of rotatable bonds is 7. The largest absolute Gasteiger partial charge is 0.573 e. The molecule has 0 aliphatic carbocycles. The van der Waals surface area contributed by atoms with E-state index in [0.29, 0.717) is 0 Å². The predicted octanol–water partition coefficient (Wildman–Crippen LogP) is 4.33. The van der Waals surface area contributed by atoms with E-state index in [1.165, 1.54) is 30.3 Å². The van der Waals surface area contributed by atoms with Crippen molar-refractivity contribution in [2.45, 2.75) is 16.2 Å². The Labute approximate surface area is 180 Å². The second kappa shape index (κ2) is 8.67. The van der Waals surface area contributed by atoms with Crippen molar-refractivity contribution in [3.63, 3.8) is 0 Å². The molecular weight excluding hydrogens is 476 g/mol. The maximum absolute atomic E-state index is 13.1. The minimum atomic E-state index is -5.13. The van der Waals surface area contributed by atoms with E-state index in [2.05, 4.69) is 14.2 Å². The lowest BCUT2D eigenvalue weighted by atomic mass is 10.3. The van der Waals surface area contributed by atoms with Crippen molar-refractivity contribution >= 4 is 31.4 Å². The van der Waals surface area contributed by atoms with Gasteiger partial charge in [0, 0.05) is 0 Å². The van der Waals surface area contributed by atoms with Gasteiger partial charge in [0.05, 0.1) is 16.3 Å². The summed E-state index contributed by atoms with van der Waals surface area (Å²) < 4.78 is 110. The van der Waals surface area contributed by atoms with E-state index in [0.717, 1.165) is 42.5 Å². The fourth-order valence-corrected chi connectivity index (χ4v) is 4.85. The quantitative estimate of drug-likeness (QED) is 0.480. The van der Waals surface area contributed by atoms with E-state index in [1.807, 2.05) is 0 Å². The molecule has 0 radical (unpaired) electrons. The van der Waals surface area contributed by atoms with E-state index < -0.39 is 42.9 Å². The fourth-order valence-electron chi connectivity index (χ4n) is 2.56. The molecule has 0 saturated carbocycles. The normalized spacial score (nSPS) is 12.2. The maximum atomic E-state index is 13.1. The number of hydrogen-bond acceptors (Lipinski definition) is 5. The SMILES string of the molecule is O=S(=O)(Nc1ccccc1NS(=O)(=O)c1ccccc1OC(F)(F)F)c1ccc(F)cc1. The summed E-state index contributed by atoms with van der Waals surface area (Å²) in [7, 11) is -8.85. The highest BCUT2D eigenvalue weighted by Crippen LogP contribution is 2.32. The molecule has 0 saturated heterocycles. The molecule has 3 rings (SSSR count). The molecule has 0 aromatic heterocycles. The summed E-state index contributed by atoms with van der Waals surface area (Å²) in [5.74, 6) is -1.62. The van der Waals surface area contributed by atoms with Gasteiger partial charge in [-0.2, -0.15) is 0 Å². The molecule has 32 heavy (non-hydrogen) atoms. The van der Waals surface area contributed by atoms with E-state index in [4.69, 9.17) is 0 Å². The molecule has 0 aliphatic rings. The molecule has 0 bridgehead atoms. The molecular formula is C19H14F4N2O5S2. The summed E-state index contributed by atoms with van der Waals surface area (Å²) in [5.41, 5.74) is -0.477. The third kappa shape index (κ3) is 5.68. The van der Waals surface area contributed by atoms with Crippen molar-refractivity contribution < 1.29 is 39.1 Å². The minimum Gasteiger partial charge on any atom is -0.404 e. The van der Waals surface area contributed by atoms with Crippen molar-refractivity contribution in [1.29, 1.82) is 0 Å². The summed E-state index contributed by atoms with van der Waals surface area (Å²) in [5, 5.41) is 0. The number of anilines is 2. The molecule has 170 valence electrons. The van der Waals surface area contributed by atoms with Crippen LogP contribution in [0.1, 0.15) is 0 Å². The Morgan fingerprint density at radius 3 is 1.75 bits per heavy atom. The molecule has 0 amide bonds. The maximum Gasteiger partial charge on any atom is 0.573 e. The molecule has 2 N–H and O–H groups in total. The Morgan fingerprint density at radius 2 is 1.19 bits per heavy atom. The molecule has 7 nitrogen and oxygen atoms in total. The molecule has 3 aromatic rings. The number of alkyl halides is 3. The molecule has 0 heterocycles. The third-order valence-corrected chi connectivity index (χ3v) is 6.69. The summed E-state index contributed by atoms with van der Waals surface area (Å²) >= 11 is 0. The van der Waals surface area contributed by atoms with Gasteiger partial charge >= 0.3 is 6.36 Å². The Bertz CT molecular complexity index is 1330. The van der Waals surface area contributed by atoms with Gasteiger partial charge in [-0.15, -0.1) is 13.2 Å². The zero-order chi connectivity index (χ0) is 23.6. The highest BCUT2D eigenvalue weighted by atomic mass is 32.2. The van der Waals surface area contributed by atoms with Gasteiger partial charge < -0.3 is 4.74 Å². The summed E-state index contributed by atoms with van der Waals surface area (Å²) in [4.78, 5) is -1.10. The lowest BCUT2D eigenvalue weighted by Crippen LogP contribution is -2.21. The molecule has 3 aromatic carbocycles. The lowest BCUT2D eigenvalue weighted by molar-refractivity contribution is -0.275. The van der Waals surface area contributed by atoms with Gasteiger partial charge in [-0.3, -0.25) is 9.44 Å². The second-order valence-electron chi connectivity index (χ2n) is 6.21. The number of ether oxygens (including phenoxy) is 1. The van der Waals surface area contributed by atoms with Crippen LogP contribution in [-0.4, -0.2) is 23.2 Å². The minimum absolute atomic E-state index is 0.213. The summed E-state index contributed by atoms with van der Waals surface area (Å²) in [6.07, 6.45) is -5.13. The summed E-state index contributed by atoms with van der Waals surface area (Å²) in [6, 6.07) is 13.2. The van der Waals surface area contributed by atoms with Crippen LogP contribution in [0, 0.1) is 5.82 Å². The van der Waals surface area contributed by atoms with Crippen molar-refractivity contribution in [3.05, 3.63) is 78.6 Å². The van der Waals surface area contributed by atoms with Crippen LogP contribution in [-0.2, 0) is 20.0 Å². The Balaban J connectivity index is 1.94. The van der Waals surface area contributed by atoms with Gasteiger partial charge in [0.15, 0.2) is 0 Å². The first-order chi connectivity index (χ1) is 14.9. The van der Waals surface area contributed by atoms with E-state index in [9.17, 15) is 34.4 Å². The van der Waals surface area contributed by atoms with Crippen LogP contribution in [0.5, 0.6) is 5.75 Å². The van der Waals surface area contributed by atoms with Crippen LogP contribution in [0.3, 0.4) is 0 Å². The number of halogens is 4. The van der Waals surface area contributed by atoms with E-state index in [1.54, 1.807) is 0 Å². The van der Waals surface area contributed by atoms with Crippen LogP contribution in [0.15, 0.2) is 82.6 Å². The van der Waals surface area contributed by atoms with Gasteiger partial charge in [-0.05, 0) is 48.5 Å². The molecule has 0 aliphatic heterocycles. The van der Waals surface area contributed by atoms with Crippen molar-refractivity contribution in [2.24, 2.45) is 0 Å².